The fraction of sp³-hybridized carbons (Fsp3) is 0.538. The number of sulfonamides is 1. The van der Waals surface area contributed by atoms with Gasteiger partial charge in [-0.1, -0.05) is 22.9 Å². The van der Waals surface area contributed by atoms with Crippen LogP contribution < -0.4 is 14.8 Å². The molecule has 0 aromatic heterocycles. The largest absolute Gasteiger partial charge is 0.492 e. The molecule has 0 radical (unpaired) electrons. The van der Waals surface area contributed by atoms with Crippen LogP contribution in [-0.2, 0) is 23.1 Å². The lowest BCUT2D eigenvalue weighted by molar-refractivity contribution is 0.322. The second kappa shape index (κ2) is 6.89. The Labute approximate surface area is 128 Å². The predicted molar refractivity (Wildman–Crippen MR) is 82.3 cm³/mol. The first-order chi connectivity index (χ1) is 9.52. The number of benzene rings is 1. The van der Waals surface area contributed by atoms with Gasteiger partial charge in [-0.3, -0.25) is 0 Å². The number of fused-ring (bicyclic) bond motifs is 1. The van der Waals surface area contributed by atoms with Crippen LogP contribution in [0, 0.1) is 0 Å². The third kappa shape index (κ3) is 4.18. The molecule has 1 aliphatic heterocycles. The lowest BCUT2D eigenvalue weighted by atomic mass is 10.1. The first-order valence-electron chi connectivity index (χ1n) is 6.64. The van der Waals surface area contributed by atoms with Crippen LogP contribution in [0.25, 0.3) is 0 Å². The summed E-state index contributed by atoms with van der Waals surface area (Å²) in [4.78, 5) is 0. The van der Waals surface area contributed by atoms with E-state index in [4.69, 9.17) is 4.74 Å². The van der Waals surface area contributed by atoms with E-state index in [0.717, 1.165) is 34.4 Å². The molecule has 0 fully saturated rings. The maximum absolute atomic E-state index is 11.7. The molecule has 0 saturated heterocycles. The zero-order valence-electron chi connectivity index (χ0n) is 11.4. The average Bonchev–Trinajstić information content (AvgIpc) is 2.61. The smallest absolute Gasteiger partial charge is 0.211 e. The number of hydrogen-bond donors (Lipinski definition) is 2. The summed E-state index contributed by atoms with van der Waals surface area (Å²) in [6, 6.07) is 3.90. The van der Waals surface area contributed by atoms with E-state index in [0.29, 0.717) is 13.0 Å². The summed E-state index contributed by atoms with van der Waals surface area (Å²) < 4.78 is 32.8. The Bertz CT molecular complexity index is 575. The van der Waals surface area contributed by atoms with Gasteiger partial charge in [0.1, 0.15) is 12.4 Å². The second-order valence-electron chi connectivity index (χ2n) is 4.72. The van der Waals surface area contributed by atoms with Gasteiger partial charge in [0.15, 0.2) is 0 Å². The first-order valence-corrected chi connectivity index (χ1v) is 9.08. The fourth-order valence-corrected chi connectivity index (χ4v) is 3.75. The van der Waals surface area contributed by atoms with Crippen molar-refractivity contribution in [2.45, 2.75) is 26.4 Å². The molecular weight excluding hydrogens is 344 g/mol. The minimum atomic E-state index is -3.21. The van der Waals surface area contributed by atoms with Crippen molar-refractivity contribution in [3.8, 4) is 5.75 Å². The molecule has 1 aromatic rings. The van der Waals surface area contributed by atoms with E-state index in [-0.39, 0.29) is 12.3 Å². The summed E-state index contributed by atoms with van der Waals surface area (Å²) >= 11 is 3.46. The molecule has 0 amide bonds. The molecule has 2 rings (SSSR count). The van der Waals surface area contributed by atoms with Crippen LogP contribution in [0.15, 0.2) is 16.6 Å². The molecule has 1 aliphatic rings. The van der Waals surface area contributed by atoms with Crippen molar-refractivity contribution < 1.29 is 13.2 Å². The molecule has 0 spiro atoms. The molecule has 0 unspecified atom stereocenters. The van der Waals surface area contributed by atoms with E-state index in [2.05, 4.69) is 26.0 Å². The van der Waals surface area contributed by atoms with Gasteiger partial charge in [-0.2, -0.15) is 0 Å². The third-order valence-corrected chi connectivity index (χ3v) is 4.99. The first kappa shape index (κ1) is 15.8. The summed E-state index contributed by atoms with van der Waals surface area (Å²) in [6.45, 7) is 4.20. The highest BCUT2D eigenvalue weighted by atomic mass is 79.9. The Kier molecular flexibility index (Phi) is 5.42. The molecule has 20 heavy (non-hydrogen) atoms. The minimum absolute atomic E-state index is 0.144. The van der Waals surface area contributed by atoms with Crippen molar-refractivity contribution in [1.82, 2.24) is 10.0 Å². The highest BCUT2D eigenvalue weighted by molar-refractivity contribution is 9.10. The van der Waals surface area contributed by atoms with Crippen LogP contribution >= 0.6 is 15.9 Å². The van der Waals surface area contributed by atoms with E-state index in [1.54, 1.807) is 0 Å². The van der Waals surface area contributed by atoms with Crippen LogP contribution in [0.5, 0.6) is 5.75 Å². The Hall–Kier alpha value is -0.630. The molecular formula is C13H19BrN2O3S. The number of rotatable bonds is 5. The molecule has 0 bridgehead atoms. The average molecular weight is 363 g/mol. The molecule has 0 saturated carbocycles. The van der Waals surface area contributed by atoms with Gasteiger partial charge in [0.2, 0.25) is 10.0 Å². The van der Waals surface area contributed by atoms with Crippen molar-refractivity contribution in [3.05, 3.63) is 27.7 Å². The van der Waals surface area contributed by atoms with E-state index in [1.165, 1.54) is 0 Å². The van der Waals surface area contributed by atoms with Crippen LogP contribution in [0.2, 0.25) is 0 Å². The van der Waals surface area contributed by atoms with Crippen molar-refractivity contribution in [1.29, 1.82) is 0 Å². The zero-order chi connectivity index (χ0) is 14.6. The molecule has 5 nitrogen and oxygen atoms in total. The molecule has 7 heteroatoms. The van der Waals surface area contributed by atoms with E-state index in [9.17, 15) is 8.42 Å². The summed E-state index contributed by atoms with van der Waals surface area (Å²) in [5.41, 5.74) is 1.90. The predicted octanol–water partition coefficient (Wildman–Crippen LogP) is 1.76. The van der Waals surface area contributed by atoms with Gasteiger partial charge < -0.3 is 10.1 Å². The molecule has 2 N–H and O–H groups in total. The summed E-state index contributed by atoms with van der Waals surface area (Å²) in [5.74, 6) is 0.934. The molecule has 1 aromatic carbocycles. The highest BCUT2D eigenvalue weighted by Gasteiger charge is 2.16. The Morgan fingerprint density at radius 1 is 1.45 bits per heavy atom. The van der Waals surface area contributed by atoms with Gasteiger partial charge in [-0.25, -0.2) is 13.1 Å². The zero-order valence-corrected chi connectivity index (χ0v) is 13.8. The summed E-state index contributed by atoms with van der Waals surface area (Å²) in [7, 11) is -3.21. The molecule has 112 valence electrons. The van der Waals surface area contributed by atoms with E-state index in [1.807, 2.05) is 19.1 Å². The summed E-state index contributed by atoms with van der Waals surface area (Å²) in [5, 5.41) is 3.27. The van der Waals surface area contributed by atoms with Gasteiger partial charge in [-0.05, 0) is 18.6 Å². The minimum Gasteiger partial charge on any atom is -0.492 e. The van der Waals surface area contributed by atoms with Crippen LogP contribution in [0.4, 0.5) is 0 Å². The van der Waals surface area contributed by atoms with Crippen molar-refractivity contribution in [2.75, 3.05) is 18.9 Å². The third-order valence-electron chi connectivity index (χ3n) is 3.00. The molecule has 0 atom stereocenters. The fourth-order valence-electron chi connectivity index (χ4n) is 2.14. The molecule has 1 heterocycles. The monoisotopic (exact) mass is 362 g/mol. The Balaban J connectivity index is 2.21. The Morgan fingerprint density at radius 3 is 3.00 bits per heavy atom. The van der Waals surface area contributed by atoms with Crippen LogP contribution in [0.3, 0.4) is 0 Å². The van der Waals surface area contributed by atoms with Gasteiger partial charge in [0, 0.05) is 35.2 Å². The number of nitrogens with one attached hydrogen (secondary N) is 2. The second-order valence-corrected chi connectivity index (χ2v) is 7.56. The Morgan fingerprint density at radius 2 is 2.25 bits per heavy atom. The van der Waals surface area contributed by atoms with Gasteiger partial charge in [0.05, 0.1) is 5.75 Å². The van der Waals surface area contributed by atoms with Crippen LogP contribution in [-0.4, -0.2) is 27.3 Å². The lowest BCUT2D eigenvalue weighted by Gasteiger charge is -2.14. The standard InChI is InChI=1S/C13H19BrN2O3S/c1-2-5-20(17,18)16-9-11-7-12(14)6-10-8-15-3-4-19-13(10)11/h6-7,15-16H,2-5,8-9H2,1H3. The van der Waals surface area contributed by atoms with Gasteiger partial charge >= 0.3 is 0 Å². The maximum atomic E-state index is 11.7. The van der Waals surface area contributed by atoms with E-state index < -0.39 is 10.0 Å². The van der Waals surface area contributed by atoms with Crippen molar-refractivity contribution >= 4 is 26.0 Å². The van der Waals surface area contributed by atoms with Gasteiger partial charge in [0.25, 0.3) is 0 Å². The maximum Gasteiger partial charge on any atom is 0.211 e. The highest BCUT2D eigenvalue weighted by Crippen LogP contribution is 2.29. The van der Waals surface area contributed by atoms with E-state index >= 15 is 0 Å². The summed E-state index contributed by atoms with van der Waals surface area (Å²) in [6.07, 6.45) is 0.604. The van der Waals surface area contributed by atoms with Crippen molar-refractivity contribution in [3.63, 3.8) is 0 Å². The lowest BCUT2D eigenvalue weighted by Crippen LogP contribution is -2.26. The van der Waals surface area contributed by atoms with Crippen LogP contribution in [0.1, 0.15) is 24.5 Å². The SMILES string of the molecule is CCCS(=O)(=O)NCc1cc(Br)cc2c1OCCNC2. The normalized spacial score (nSPS) is 15.3. The number of halogens is 1. The quantitative estimate of drug-likeness (QED) is 0.837. The van der Waals surface area contributed by atoms with Crippen molar-refractivity contribution in [2.24, 2.45) is 0 Å². The molecule has 0 aliphatic carbocycles. The topological polar surface area (TPSA) is 67.4 Å². The number of hydrogen-bond acceptors (Lipinski definition) is 4. The van der Waals surface area contributed by atoms with Gasteiger partial charge in [-0.15, -0.1) is 0 Å². The number of ether oxygens (including phenoxy) is 1.